The van der Waals surface area contributed by atoms with Gasteiger partial charge in [0.25, 0.3) is 0 Å². The molecule has 6 heteroatoms. The molecule has 0 spiro atoms. The second-order valence-electron chi connectivity index (χ2n) is 3.62. The average Bonchev–Trinajstić information content (AvgIpc) is 2.67. The van der Waals surface area contributed by atoms with E-state index in [9.17, 15) is 0 Å². The topological polar surface area (TPSA) is 86.2 Å². The van der Waals surface area contributed by atoms with Gasteiger partial charge in [0.15, 0.2) is 0 Å². The van der Waals surface area contributed by atoms with E-state index in [1.54, 1.807) is 7.11 Å². The van der Waals surface area contributed by atoms with Crippen molar-refractivity contribution in [2.75, 3.05) is 25.6 Å². The van der Waals surface area contributed by atoms with Gasteiger partial charge in [0.2, 0.25) is 5.89 Å². The Morgan fingerprint density at radius 1 is 1.50 bits per heavy atom. The van der Waals surface area contributed by atoms with Gasteiger partial charge in [-0.2, -0.15) is 0 Å². The Labute approximate surface area is 95.6 Å². The summed E-state index contributed by atoms with van der Waals surface area (Å²) in [6.45, 7) is 3.26. The van der Waals surface area contributed by atoms with Crippen LogP contribution in [-0.4, -0.2) is 36.5 Å². The Kier molecular flexibility index (Phi) is 5.81. The van der Waals surface area contributed by atoms with Crippen molar-refractivity contribution >= 4 is 6.01 Å². The van der Waals surface area contributed by atoms with Gasteiger partial charge in [-0.05, 0) is 6.42 Å². The minimum Gasteiger partial charge on any atom is -0.408 e. The summed E-state index contributed by atoms with van der Waals surface area (Å²) in [6.07, 6.45) is 2.69. The van der Waals surface area contributed by atoms with Crippen LogP contribution in [0, 0.1) is 0 Å². The molecule has 92 valence electrons. The zero-order valence-electron chi connectivity index (χ0n) is 9.90. The zero-order valence-corrected chi connectivity index (χ0v) is 9.90. The minimum atomic E-state index is 0.209. The smallest absolute Gasteiger partial charge is 0.315 e. The van der Waals surface area contributed by atoms with Gasteiger partial charge in [-0.25, -0.2) is 0 Å². The van der Waals surface area contributed by atoms with Crippen molar-refractivity contribution < 1.29 is 9.15 Å². The van der Waals surface area contributed by atoms with Gasteiger partial charge >= 0.3 is 6.01 Å². The van der Waals surface area contributed by atoms with Crippen LogP contribution in [0.1, 0.15) is 25.7 Å². The molecule has 6 nitrogen and oxygen atoms in total. The lowest BCUT2D eigenvalue weighted by Gasteiger charge is -2.14. The van der Waals surface area contributed by atoms with E-state index in [-0.39, 0.29) is 6.04 Å². The van der Waals surface area contributed by atoms with Crippen LogP contribution in [0.2, 0.25) is 0 Å². The number of aromatic nitrogens is 2. The highest BCUT2D eigenvalue weighted by Crippen LogP contribution is 2.10. The average molecular weight is 228 g/mol. The molecule has 0 saturated heterocycles. The maximum absolute atomic E-state index is 5.40. The summed E-state index contributed by atoms with van der Waals surface area (Å²) in [5.74, 6) is 0.567. The van der Waals surface area contributed by atoms with E-state index in [1.807, 2.05) is 0 Å². The second kappa shape index (κ2) is 7.19. The fraction of sp³-hybridized carbons (Fsp3) is 0.800. The lowest BCUT2D eigenvalue weighted by Crippen LogP contribution is -2.24. The van der Waals surface area contributed by atoms with E-state index in [1.165, 1.54) is 0 Å². The highest BCUT2D eigenvalue weighted by molar-refractivity contribution is 5.19. The first kappa shape index (κ1) is 12.9. The summed E-state index contributed by atoms with van der Waals surface area (Å²) in [7, 11) is 1.68. The number of methoxy groups -OCH3 is 1. The molecule has 16 heavy (non-hydrogen) atoms. The van der Waals surface area contributed by atoms with Crippen molar-refractivity contribution in [3.8, 4) is 0 Å². The number of hydrogen-bond acceptors (Lipinski definition) is 6. The van der Waals surface area contributed by atoms with Gasteiger partial charge < -0.3 is 20.2 Å². The van der Waals surface area contributed by atoms with E-state index < -0.39 is 0 Å². The Balaban J connectivity index is 2.48. The molecule has 0 radical (unpaired) electrons. The monoisotopic (exact) mass is 228 g/mol. The molecule has 3 N–H and O–H groups in total. The molecule has 1 aromatic rings. The molecule has 0 aromatic carbocycles. The molecule has 0 aliphatic carbocycles. The Morgan fingerprint density at radius 2 is 2.31 bits per heavy atom. The van der Waals surface area contributed by atoms with Crippen LogP contribution in [0.4, 0.5) is 6.01 Å². The van der Waals surface area contributed by atoms with Crippen LogP contribution in [0.3, 0.4) is 0 Å². The number of anilines is 1. The Morgan fingerprint density at radius 3 is 2.94 bits per heavy atom. The highest BCUT2D eigenvalue weighted by atomic mass is 16.5. The van der Waals surface area contributed by atoms with Crippen molar-refractivity contribution in [2.24, 2.45) is 5.73 Å². The molecule has 0 fully saturated rings. The first-order chi connectivity index (χ1) is 7.80. The van der Waals surface area contributed by atoms with Crippen molar-refractivity contribution in [2.45, 2.75) is 32.2 Å². The summed E-state index contributed by atoms with van der Waals surface area (Å²) in [4.78, 5) is 0. The maximum Gasteiger partial charge on any atom is 0.315 e. The summed E-state index contributed by atoms with van der Waals surface area (Å²) in [5, 5.41) is 10.9. The molecule has 1 heterocycles. The van der Waals surface area contributed by atoms with Crippen LogP contribution in [0.15, 0.2) is 4.42 Å². The summed E-state index contributed by atoms with van der Waals surface area (Å²) < 4.78 is 10.5. The molecule has 1 aromatic heterocycles. The predicted octanol–water partition coefficient (Wildman–Crippen LogP) is 0.798. The summed E-state index contributed by atoms with van der Waals surface area (Å²) >= 11 is 0. The first-order valence-corrected chi connectivity index (χ1v) is 5.58. The quantitative estimate of drug-likeness (QED) is 0.684. The van der Waals surface area contributed by atoms with Crippen molar-refractivity contribution in [3.05, 3.63) is 5.89 Å². The largest absolute Gasteiger partial charge is 0.408 e. The van der Waals surface area contributed by atoms with E-state index in [0.29, 0.717) is 31.5 Å². The van der Waals surface area contributed by atoms with Crippen LogP contribution in [-0.2, 0) is 11.2 Å². The summed E-state index contributed by atoms with van der Waals surface area (Å²) in [6, 6.07) is 0.653. The number of nitrogens with one attached hydrogen (secondary N) is 1. The molecule has 0 aliphatic heterocycles. The minimum absolute atomic E-state index is 0.209. The van der Waals surface area contributed by atoms with Crippen molar-refractivity contribution in [1.29, 1.82) is 0 Å². The molecule has 0 bridgehead atoms. The van der Waals surface area contributed by atoms with E-state index >= 15 is 0 Å². The molecule has 1 unspecified atom stereocenters. The van der Waals surface area contributed by atoms with Gasteiger partial charge in [0.1, 0.15) is 0 Å². The zero-order chi connectivity index (χ0) is 11.8. The number of ether oxygens (including phenoxy) is 1. The fourth-order valence-corrected chi connectivity index (χ4v) is 1.46. The van der Waals surface area contributed by atoms with E-state index in [0.717, 1.165) is 12.8 Å². The highest BCUT2D eigenvalue weighted by Gasteiger charge is 2.11. The Bertz CT molecular complexity index is 284. The molecule has 0 aliphatic rings. The molecule has 1 rings (SSSR count). The van der Waals surface area contributed by atoms with Gasteiger partial charge in [-0.1, -0.05) is 18.4 Å². The number of nitrogens with zero attached hydrogens (tertiary/aromatic N) is 2. The van der Waals surface area contributed by atoms with Crippen molar-refractivity contribution in [1.82, 2.24) is 10.2 Å². The van der Waals surface area contributed by atoms with Gasteiger partial charge in [-0.3, -0.25) is 0 Å². The molecule has 0 amide bonds. The predicted molar refractivity (Wildman–Crippen MR) is 61.3 cm³/mol. The third-order valence-electron chi connectivity index (χ3n) is 2.16. The van der Waals surface area contributed by atoms with E-state index in [2.05, 4.69) is 22.4 Å². The second-order valence-corrected chi connectivity index (χ2v) is 3.62. The lowest BCUT2D eigenvalue weighted by molar-refractivity contribution is 0.181. The summed E-state index contributed by atoms with van der Waals surface area (Å²) in [5.41, 5.74) is 5.40. The molecule has 0 saturated carbocycles. The lowest BCUT2D eigenvalue weighted by atomic mass is 10.2. The van der Waals surface area contributed by atoms with Crippen LogP contribution in [0.25, 0.3) is 0 Å². The third kappa shape index (κ3) is 4.16. The van der Waals surface area contributed by atoms with Gasteiger partial charge in [0, 0.05) is 20.1 Å². The van der Waals surface area contributed by atoms with Gasteiger partial charge in [0.05, 0.1) is 12.6 Å². The molecular formula is C10H20N4O2. The number of rotatable bonds is 8. The first-order valence-electron chi connectivity index (χ1n) is 5.58. The van der Waals surface area contributed by atoms with Crippen LogP contribution in [0.5, 0.6) is 0 Å². The van der Waals surface area contributed by atoms with Crippen LogP contribution >= 0.6 is 0 Å². The molecular weight excluding hydrogens is 208 g/mol. The fourth-order valence-electron chi connectivity index (χ4n) is 1.46. The number of hydrogen-bond donors (Lipinski definition) is 2. The van der Waals surface area contributed by atoms with Crippen molar-refractivity contribution in [3.63, 3.8) is 0 Å². The molecule has 1 atom stereocenters. The normalized spacial score (nSPS) is 12.7. The Hall–Kier alpha value is -1.14. The maximum atomic E-state index is 5.40. The van der Waals surface area contributed by atoms with Gasteiger partial charge in [-0.15, -0.1) is 5.10 Å². The SMILES string of the molecule is CCCC(COC)Nc1nnc(CCN)o1. The third-order valence-corrected chi connectivity index (χ3v) is 2.16. The van der Waals surface area contributed by atoms with E-state index in [4.69, 9.17) is 14.9 Å². The van der Waals surface area contributed by atoms with Crippen LogP contribution < -0.4 is 11.1 Å². The number of nitrogens with two attached hydrogens (primary N) is 1. The standard InChI is InChI=1S/C10H20N4O2/c1-3-4-8(7-15-2)12-10-14-13-9(16-10)5-6-11/h8H,3-7,11H2,1-2H3,(H,12,14).